The van der Waals surface area contributed by atoms with E-state index in [0.29, 0.717) is 0 Å². The Morgan fingerprint density at radius 3 is 3.00 bits per heavy atom. The Morgan fingerprint density at radius 2 is 2.16 bits per heavy atom. The molecule has 1 N–H and O–H groups in total. The van der Waals surface area contributed by atoms with E-state index in [1.165, 1.54) is 17.4 Å². The lowest BCUT2D eigenvalue weighted by Crippen LogP contribution is -2.36. The van der Waals surface area contributed by atoms with Gasteiger partial charge in [-0.05, 0) is 53.0 Å². The minimum atomic E-state index is 0.883. The second-order valence-corrected chi connectivity index (χ2v) is 5.74. The van der Waals surface area contributed by atoms with Crippen molar-refractivity contribution < 1.29 is 4.74 Å². The van der Waals surface area contributed by atoms with Gasteiger partial charge in [-0.15, -0.1) is 0 Å². The number of morpholine rings is 1. The van der Waals surface area contributed by atoms with E-state index >= 15 is 0 Å². The maximum Gasteiger partial charge on any atom is 0.108 e. The number of halogens is 1. The monoisotopic (exact) mass is 323 g/mol. The second-order valence-electron chi connectivity index (χ2n) is 4.95. The minimum absolute atomic E-state index is 0.883. The van der Waals surface area contributed by atoms with Crippen LogP contribution in [0.2, 0.25) is 0 Å². The Morgan fingerprint density at radius 1 is 1.32 bits per heavy atom. The molecule has 0 aliphatic carbocycles. The van der Waals surface area contributed by atoms with Crippen LogP contribution in [0, 0.1) is 0 Å². The number of ether oxygens (including phenoxy) is 1. The van der Waals surface area contributed by atoms with Gasteiger partial charge in [-0.2, -0.15) is 5.10 Å². The van der Waals surface area contributed by atoms with E-state index in [9.17, 15) is 0 Å². The first kappa shape index (κ1) is 13.1. The minimum Gasteiger partial charge on any atom is -0.379 e. The van der Waals surface area contributed by atoms with Crippen LogP contribution < -0.4 is 0 Å². The van der Waals surface area contributed by atoms with Gasteiger partial charge in [0.15, 0.2) is 0 Å². The Labute approximate surface area is 121 Å². The molecule has 2 heterocycles. The molecule has 1 aromatic carbocycles. The van der Waals surface area contributed by atoms with Gasteiger partial charge in [-0.1, -0.05) is 6.07 Å². The molecule has 102 valence electrons. The molecule has 0 bridgehead atoms. The maximum absolute atomic E-state index is 5.36. The van der Waals surface area contributed by atoms with Crippen molar-refractivity contribution in [2.75, 3.05) is 32.8 Å². The largest absolute Gasteiger partial charge is 0.379 e. The number of hydrogen-bond donors (Lipinski definition) is 1. The fourth-order valence-corrected chi connectivity index (χ4v) is 2.92. The van der Waals surface area contributed by atoms with Crippen LogP contribution in [0.1, 0.15) is 12.0 Å². The number of H-pyrrole nitrogens is 1. The molecular formula is C14H18BrN3O. The number of aryl methyl sites for hydroxylation is 1. The number of rotatable bonds is 4. The van der Waals surface area contributed by atoms with Crippen LogP contribution in [0.15, 0.2) is 22.8 Å². The average molecular weight is 324 g/mol. The van der Waals surface area contributed by atoms with Crippen molar-refractivity contribution in [1.29, 1.82) is 0 Å². The summed E-state index contributed by atoms with van der Waals surface area (Å²) in [7, 11) is 0. The molecule has 19 heavy (non-hydrogen) atoms. The predicted octanol–water partition coefficient (Wildman–Crippen LogP) is 2.59. The molecule has 0 spiro atoms. The van der Waals surface area contributed by atoms with Gasteiger partial charge >= 0.3 is 0 Å². The van der Waals surface area contributed by atoms with Crippen molar-refractivity contribution >= 4 is 26.8 Å². The normalized spacial score (nSPS) is 17.1. The molecule has 0 unspecified atom stereocenters. The van der Waals surface area contributed by atoms with Crippen LogP contribution >= 0.6 is 15.9 Å². The number of aromatic nitrogens is 2. The SMILES string of the molecule is Brc1[nH]nc2ccc(CCCN3CCOCC3)cc12. The molecule has 1 aromatic heterocycles. The summed E-state index contributed by atoms with van der Waals surface area (Å²) in [5.41, 5.74) is 2.40. The third kappa shape index (κ3) is 3.16. The first-order valence-electron chi connectivity index (χ1n) is 6.75. The molecule has 1 aliphatic rings. The smallest absolute Gasteiger partial charge is 0.108 e. The van der Waals surface area contributed by atoms with Crippen LogP contribution in [0.4, 0.5) is 0 Å². The van der Waals surface area contributed by atoms with Gasteiger partial charge in [-0.3, -0.25) is 10.00 Å². The number of nitrogens with one attached hydrogen (secondary N) is 1. The van der Waals surface area contributed by atoms with Crippen molar-refractivity contribution in [2.45, 2.75) is 12.8 Å². The van der Waals surface area contributed by atoms with Gasteiger partial charge in [0.1, 0.15) is 4.60 Å². The highest BCUT2D eigenvalue weighted by molar-refractivity contribution is 9.10. The zero-order valence-corrected chi connectivity index (χ0v) is 12.4. The summed E-state index contributed by atoms with van der Waals surface area (Å²) in [5.74, 6) is 0. The zero-order valence-electron chi connectivity index (χ0n) is 10.9. The van der Waals surface area contributed by atoms with Crippen molar-refractivity contribution in [3.63, 3.8) is 0 Å². The molecular weight excluding hydrogens is 306 g/mol. The Balaban J connectivity index is 1.57. The van der Waals surface area contributed by atoms with Crippen molar-refractivity contribution in [1.82, 2.24) is 15.1 Å². The molecule has 0 saturated carbocycles. The zero-order chi connectivity index (χ0) is 13.1. The summed E-state index contributed by atoms with van der Waals surface area (Å²) in [6, 6.07) is 6.48. The first-order valence-corrected chi connectivity index (χ1v) is 7.55. The summed E-state index contributed by atoms with van der Waals surface area (Å²) in [4.78, 5) is 2.48. The van der Waals surface area contributed by atoms with Gasteiger partial charge in [0.2, 0.25) is 0 Å². The van der Waals surface area contributed by atoms with E-state index < -0.39 is 0 Å². The van der Waals surface area contributed by atoms with E-state index in [1.807, 2.05) is 0 Å². The number of fused-ring (bicyclic) bond motifs is 1. The van der Waals surface area contributed by atoms with Crippen LogP contribution in [-0.4, -0.2) is 47.9 Å². The third-order valence-corrected chi connectivity index (χ3v) is 4.22. The Hall–Kier alpha value is -0.910. The summed E-state index contributed by atoms with van der Waals surface area (Å²) in [6.07, 6.45) is 2.31. The summed E-state index contributed by atoms with van der Waals surface area (Å²) >= 11 is 3.49. The summed E-state index contributed by atoms with van der Waals surface area (Å²) < 4.78 is 6.33. The quantitative estimate of drug-likeness (QED) is 0.940. The van der Waals surface area contributed by atoms with Crippen molar-refractivity contribution in [2.24, 2.45) is 0 Å². The molecule has 2 aromatic rings. The maximum atomic E-state index is 5.36. The second kappa shape index (κ2) is 6.03. The summed E-state index contributed by atoms with van der Waals surface area (Å²) in [5, 5.41) is 8.35. The lowest BCUT2D eigenvalue weighted by molar-refractivity contribution is 0.0375. The predicted molar refractivity (Wildman–Crippen MR) is 79.4 cm³/mol. The topological polar surface area (TPSA) is 41.2 Å². The van der Waals surface area contributed by atoms with Gasteiger partial charge in [0.25, 0.3) is 0 Å². The molecule has 1 saturated heterocycles. The summed E-state index contributed by atoms with van der Waals surface area (Å²) in [6.45, 7) is 5.08. The standard InChI is InChI=1S/C14H18BrN3O/c15-14-12-10-11(3-4-13(12)16-17-14)2-1-5-18-6-8-19-9-7-18/h3-4,10H,1-2,5-9H2,(H,16,17). The lowest BCUT2D eigenvalue weighted by atomic mass is 10.1. The molecule has 0 atom stereocenters. The molecule has 5 heteroatoms. The highest BCUT2D eigenvalue weighted by Crippen LogP contribution is 2.22. The van der Waals surface area contributed by atoms with Gasteiger partial charge in [0, 0.05) is 18.5 Å². The number of aromatic amines is 1. The molecule has 1 fully saturated rings. The van der Waals surface area contributed by atoms with E-state index in [-0.39, 0.29) is 0 Å². The number of hydrogen-bond acceptors (Lipinski definition) is 3. The van der Waals surface area contributed by atoms with Crippen LogP contribution in [0.3, 0.4) is 0 Å². The van der Waals surface area contributed by atoms with Crippen LogP contribution in [0.25, 0.3) is 10.9 Å². The van der Waals surface area contributed by atoms with Gasteiger partial charge < -0.3 is 4.74 Å². The van der Waals surface area contributed by atoms with Gasteiger partial charge in [0.05, 0.1) is 18.7 Å². The van der Waals surface area contributed by atoms with Crippen molar-refractivity contribution in [3.05, 3.63) is 28.4 Å². The highest BCUT2D eigenvalue weighted by atomic mass is 79.9. The Kier molecular flexibility index (Phi) is 4.15. The fourth-order valence-electron chi connectivity index (χ4n) is 2.51. The van der Waals surface area contributed by atoms with E-state index in [1.54, 1.807) is 0 Å². The molecule has 0 radical (unpaired) electrons. The van der Waals surface area contributed by atoms with Crippen LogP contribution in [0.5, 0.6) is 0 Å². The van der Waals surface area contributed by atoms with Gasteiger partial charge in [-0.25, -0.2) is 0 Å². The molecule has 1 aliphatic heterocycles. The molecule has 4 nitrogen and oxygen atoms in total. The van der Waals surface area contributed by atoms with Crippen LogP contribution in [-0.2, 0) is 11.2 Å². The first-order chi connectivity index (χ1) is 9.33. The van der Waals surface area contributed by atoms with Crippen molar-refractivity contribution in [3.8, 4) is 0 Å². The third-order valence-electron chi connectivity index (χ3n) is 3.62. The number of nitrogens with zero attached hydrogens (tertiary/aromatic N) is 2. The van der Waals surface area contributed by atoms with E-state index in [0.717, 1.165) is 49.4 Å². The Bertz CT molecular complexity index is 549. The van der Waals surface area contributed by atoms with E-state index in [4.69, 9.17) is 4.74 Å². The molecule has 3 rings (SSSR count). The van der Waals surface area contributed by atoms with E-state index in [2.05, 4.69) is 49.2 Å². The highest BCUT2D eigenvalue weighted by Gasteiger charge is 2.09. The lowest BCUT2D eigenvalue weighted by Gasteiger charge is -2.26. The fraction of sp³-hybridized carbons (Fsp3) is 0.500. The molecule has 0 amide bonds. The average Bonchev–Trinajstić information content (AvgIpc) is 2.82. The number of benzene rings is 1.